The smallest absolute Gasteiger partial charge is 0.407 e. The molecule has 3 atom stereocenters. The van der Waals surface area contributed by atoms with Crippen molar-refractivity contribution < 1.29 is 23.9 Å². The van der Waals surface area contributed by atoms with Gasteiger partial charge in [-0.3, -0.25) is 14.4 Å². The Morgan fingerprint density at radius 2 is 1.59 bits per heavy atom. The Bertz CT molecular complexity index is 2120. The van der Waals surface area contributed by atoms with Gasteiger partial charge in [0.2, 0.25) is 17.6 Å². The van der Waals surface area contributed by atoms with E-state index in [1.54, 1.807) is 24.3 Å². The second-order valence-electron chi connectivity index (χ2n) is 18.8. The molecular weight excluding hydrogens is 771 g/mol. The molecule has 14 nitrogen and oxygen atoms in total. The average molecular weight is 834 g/mol. The van der Waals surface area contributed by atoms with Crippen LogP contribution in [0.2, 0.25) is 0 Å². The van der Waals surface area contributed by atoms with E-state index in [0.717, 1.165) is 59.9 Å². The van der Waals surface area contributed by atoms with E-state index in [1.807, 2.05) is 70.2 Å². The highest BCUT2D eigenvalue weighted by molar-refractivity contribution is 5.98. The lowest BCUT2D eigenvalue weighted by Gasteiger charge is -2.44. The third-order valence-corrected chi connectivity index (χ3v) is 12.3. The number of hydrogen-bond donors (Lipinski definition) is 5. The molecule has 2 saturated carbocycles. The lowest BCUT2D eigenvalue weighted by molar-refractivity contribution is -0.130. The molecule has 0 spiro atoms. The Kier molecular flexibility index (Phi) is 14.3. The molecule has 2 aliphatic carbocycles. The molecule has 4 aromatic rings. The van der Waals surface area contributed by atoms with Gasteiger partial charge in [-0.2, -0.15) is 5.21 Å². The number of aryl methyl sites for hydroxylation is 1. The van der Waals surface area contributed by atoms with Crippen molar-refractivity contribution in [1.29, 1.82) is 0 Å². The van der Waals surface area contributed by atoms with Gasteiger partial charge in [0, 0.05) is 47.8 Å². The van der Waals surface area contributed by atoms with E-state index in [4.69, 9.17) is 4.74 Å². The van der Waals surface area contributed by atoms with Crippen molar-refractivity contribution >= 4 is 29.5 Å². The Hall–Kier alpha value is -5.63. The molecule has 2 aliphatic rings. The Morgan fingerprint density at radius 3 is 2.20 bits per heavy atom. The first-order valence-corrected chi connectivity index (χ1v) is 21.5. The standard InChI is InChI=1S/C47H63N9O5/c1-29-25-35(43(58)51-40-24-22-37(56(7)8)27-47(40,5)6)19-23-38(29)32-13-9-30(10-14-32)26-39(44(59)49-36-20-17-33(18-21-36)41-52-54-55-53-41)50-42(57)34-15-11-31(12-16-34)28-48-45(60)61-46(2,3)4/h9-10,13-14,17-21,23,25,31,34,37,39-40H,11-12,15-16,22,24,26-28H2,1-8H3,(H,48,60)(H,49,59)(H,50,57)(H,51,58)(H,52,53,54,55). The third kappa shape index (κ3) is 12.2. The average Bonchev–Trinajstić information content (AvgIpc) is 3.76. The van der Waals surface area contributed by atoms with Crippen LogP contribution in [-0.4, -0.2) is 93.7 Å². The number of hydrogen-bond acceptors (Lipinski definition) is 9. The van der Waals surface area contributed by atoms with Crippen molar-refractivity contribution in [3.05, 3.63) is 83.4 Å². The summed E-state index contributed by atoms with van der Waals surface area (Å²) in [5, 5.41) is 26.3. The minimum atomic E-state index is -0.843. The molecule has 2 fully saturated rings. The van der Waals surface area contributed by atoms with Crippen LogP contribution in [0, 0.1) is 24.2 Å². The molecule has 14 heteroatoms. The number of benzene rings is 3. The van der Waals surface area contributed by atoms with Gasteiger partial charge in [-0.05, 0) is 162 Å². The summed E-state index contributed by atoms with van der Waals surface area (Å²) >= 11 is 0. The topological polar surface area (TPSA) is 183 Å². The molecule has 5 N–H and O–H groups in total. The SMILES string of the molecule is Cc1cc(C(=O)NC2CCC(N(C)C)CC2(C)C)ccc1-c1ccc(CC(NC(=O)C2CCC(CNC(=O)OC(C)(C)C)CC2)C(=O)Nc2ccc(-c3nn[nH]n3)cc2)cc1. The Labute approximate surface area is 359 Å². The molecule has 6 rings (SSSR count). The van der Waals surface area contributed by atoms with Gasteiger partial charge in [-0.15, -0.1) is 10.2 Å². The zero-order valence-corrected chi connectivity index (χ0v) is 36.9. The van der Waals surface area contributed by atoms with Crippen LogP contribution < -0.4 is 21.3 Å². The maximum absolute atomic E-state index is 13.9. The van der Waals surface area contributed by atoms with Crippen LogP contribution in [0.1, 0.15) is 101 Å². The number of alkyl carbamates (subject to hydrolysis) is 1. The number of carbonyl (C=O) groups excluding carboxylic acids is 4. The van der Waals surface area contributed by atoms with Gasteiger partial charge in [-0.1, -0.05) is 44.2 Å². The zero-order valence-electron chi connectivity index (χ0n) is 36.9. The quantitative estimate of drug-likeness (QED) is 0.0940. The van der Waals surface area contributed by atoms with Gasteiger partial charge >= 0.3 is 6.09 Å². The summed E-state index contributed by atoms with van der Waals surface area (Å²) in [6, 6.07) is 20.7. The van der Waals surface area contributed by atoms with Crippen LogP contribution in [0.15, 0.2) is 66.7 Å². The van der Waals surface area contributed by atoms with Crippen LogP contribution in [-0.2, 0) is 20.7 Å². The number of carbonyl (C=O) groups is 4. The molecule has 1 heterocycles. The van der Waals surface area contributed by atoms with Crippen molar-refractivity contribution in [2.45, 2.75) is 117 Å². The van der Waals surface area contributed by atoms with Crippen LogP contribution >= 0.6 is 0 Å². The predicted octanol–water partition coefficient (Wildman–Crippen LogP) is 7.08. The fraction of sp³-hybridized carbons (Fsp3) is 0.511. The van der Waals surface area contributed by atoms with Gasteiger partial charge in [0.15, 0.2) is 0 Å². The molecule has 1 aromatic heterocycles. The van der Waals surface area contributed by atoms with Gasteiger partial charge in [0.25, 0.3) is 5.91 Å². The fourth-order valence-electron chi connectivity index (χ4n) is 8.62. The molecule has 3 unspecified atom stereocenters. The highest BCUT2D eigenvalue weighted by Crippen LogP contribution is 2.37. The van der Waals surface area contributed by atoms with E-state index >= 15 is 0 Å². The van der Waals surface area contributed by atoms with E-state index in [2.05, 4.69) is 74.7 Å². The largest absolute Gasteiger partial charge is 0.444 e. The van der Waals surface area contributed by atoms with Crippen molar-refractivity contribution in [2.75, 3.05) is 26.0 Å². The van der Waals surface area contributed by atoms with Crippen LogP contribution in [0.5, 0.6) is 0 Å². The maximum Gasteiger partial charge on any atom is 0.407 e. The number of nitrogens with one attached hydrogen (secondary N) is 5. The first-order chi connectivity index (χ1) is 28.9. The second kappa shape index (κ2) is 19.4. The molecule has 0 bridgehead atoms. The molecule has 61 heavy (non-hydrogen) atoms. The number of aromatic nitrogens is 4. The summed E-state index contributed by atoms with van der Waals surface area (Å²) in [5.74, 6) is -0.111. The summed E-state index contributed by atoms with van der Waals surface area (Å²) in [7, 11) is 4.25. The van der Waals surface area contributed by atoms with E-state index in [1.165, 1.54) is 0 Å². The maximum atomic E-state index is 13.9. The molecule has 326 valence electrons. The van der Waals surface area contributed by atoms with Gasteiger partial charge in [-0.25, -0.2) is 4.79 Å². The molecule has 0 radical (unpaired) electrons. The Balaban J connectivity index is 1.10. The minimum Gasteiger partial charge on any atom is -0.444 e. The zero-order chi connectivity index (χ0) is 43.9. The summed E-state index contributed by atoms with van der Waals surface area (Å²) in [6.45, 7) is 12.5. The lowest BCUT2D eigenvalue weighted by atomic mass is 9.71. The minimum absolute atomic E-state index is 0.00648. The van der Waals surface area contributed by atoms with E-state index < -0.39 is 17.7 Å². The van der Waals surface area contributed by atoms with Crippen molar-refractivity contribution in [2.24, 2.45) is 17.3 Å². The highest BCUT2D eigenvalue weighted by atomic mass is 16.6. The molecule has 3 aromatic carbocycles. The first-order valence-electron chi connectivity index (χ1n) is 21.5. The highest BCUT2D eigenvalue weighted by Gasteiger charge is 2.38. The number of H-pyrrole nitrogens is 1. The van der Waals surface area contributed by atoms with E-state index in [9.17, 15) is 19.2 Å². The van der Waals surface area contributed by atoms with Crippen LogP contribution in [0.25, 0.3) is 22.5 Å². The lowest BCUT2D eigenvalue weighted by Crippen LogP contribution is -2.51. The summed E-state index contributed by atoms with van der Waals surface area (Å²) in [6.07, 6.45) is 5.74. The Morgan fingerprint density at radius 1 is 0.902 bits per heavy atom. The van der Waals surface area contributed by atoms with Crippen molar-refractivity contribution in [1.82, 2.24) is 41.5 Å². The monoisotopic (exact) mass is 833 g/mol. The number of amides is 4. The van der Waals surface area contributed by atoms with Crippen LogP contribution in [0.4, 0.5) is 10.5 Å². The molecule has 0 aliphatic heterocycles. The molecule has 0 saturated heterocycles. The third-order valence-electron chi connectivity index (χ3n) is 12.3. The van der Waals surface area contributed by atoms with Gasteiger partial charge in [0.05, 0.1) is 0 Å². The van der Waals surface area contributed by atoms with Gasteiger partial charge in [0.1, 0.15) is 11.6 Å². The molecule has 4 amide bonds. The van der Waals surface area contributed by atoms with Gasteiger partial charge < -0.3 is 30.9 Å². The van der Waals surface area contributed by atoms with E-state index in [-0.39, 0.29) is 47.4 Å². The summed E-state index contributed by atoms with van der Waals surface area (Å²) in [5.41, 5.74) is 5.24. The van der Waals surface area contributed by atoms with Crippen LogP contribution in [0.3, 0.4) is 0 Å². The number of ether oxygens (including phenoxy) is 1. The first kappa shape index (κ1) is 44.9. The normalized spacial score (nSPS) is 20.6. The number of tetrazole rings is 1. The summed E-state index contributed by atoms with van der Waals surface area (Å²) in [4.78, 5) is 55.6. The number of anilines is 1. The fourth-order valence-corrected chi connectivity index (χ4v) is 8.62. The second-order valence-corrected chi connectivity index (χ2v) is 18.8. The summed E-state index contributed by atoms with van der Waals surface area (Å²) < 4.78 is 5.37. The predicted molar refractivity (Wildman–Crippen MR) is 237 cm³/mol. The number of aromatic amines is 1. The number of nitrogens with zero attached hydrogens (tertiary/aromatic N) is 4. The molecular formula is C47H63N9O5. The van der Waals surface area contributed by atoms with Crippen molar-refractivity contribution in [3.63, 3.8) is 0 Å². The van der Waals surface area contributed by atoms with Crippen molar-refractivity contribution in [3.8, 4) is 22.5 Å². The number of rotatable bonds is 13. The van der Waals surface area contributed by atoms with E-state index in [0.29, 0.717) is 42.5 Å².